The van der Waals surface area contributed by atoms with Crippen LogP contribution in [0.1, 0.15) is 33.6 Å². The highest BCUT2D eigenvalue weighted by Gasteiger charge is 2.16. The quantitative estimate of drug-likeness (QED) is 0.661. The number of anilines is 1. The van der Waals surface area contributed by atoms with E-state index in [1.54, 1.807) is 10.7 Å². The average molecular weight is 359 g/mol. The summed E-state index contributed by atoms with van der Waals surface area (Å²) in [5.74, 6) is 0.241. The molecule has 1 aromatic heterocycles. The molecule has 0 spiro atoms. The van der Waals surface area contributed by atoms with Gasteiger partial charge in [-0.2, -0.15) is 10.4 Å². The number of hydrogen-bond donors (Lipinski definition) is 2. The summed E-state index contributed by atoms with van der Waals surface area (Å²) in [6.45, 7) is 2.41. The van der Waals surface area contributed by atoms with Crippen molar-refractivity contribution in [1.82, 2.24) is 15.1 Å². The van der Waals surface area contributed by atoms with E-state index in [4.69, 9.17) is 5.73 Å². The fourth-order valence-electron chi connectivity index (χ4n) is 2.92. The van der Waals surface area contributed by atoms with E-state index in [1.807, 2.05) is 55.5 Å². The molecule has 0 fully saturated rings. The molecule has 0 bridgehead atoms. The van der Waals surface area contributed by atoms with Crippen LogP contribution >= 0.6 is 0 Å². The van der Waals surface area contributed by atoms with Crippen LogP contribution in [0.2, 0.25) is 0 Å². The number of para-hydroxylation sites is 1. The van der Waals surface area contributed by atoms with Gasteiger partial charge in [0.2, 0.25) is 0 Å². The number of nitriles is 1. The van der Waals surface area contributed by atoms with Crippen LogP contribution in [0.4, 0.5) is 5.82 Å². The summed E-state index contributed by atoms with van der Waals surface area (Å²) in [4.78, 5) is 12.2. The Hall–Kier alpha value is -3.59. The molecule has 0 saturated heterocycles. The molecule has 136 valence electrons. The number of carbonyl (C=O) groups excluding carboxylic acids is 1. The predicted molar refractivity (Wildman–Crippen MR) is 105 cm³/mol. The summed E-state index contributed by atoms with van der Waals surface area (Å²) >= 11 is 0. The van der Waals surface area contributed by atoms with E-state index in [9.17, 15) is 10.1 Å². The molecule has 0 atom stereocenters. The lowest BCUT2D eigenvalue weighted by molar-refractivity contribution is 0.0952. The fourth-order valence-corrected chi connectivity index (χ4v) is 2.92. The Labute approximate surface area is 158 Å². The van der Waals surface area contributed by atoms with Crippen molar-refractivity contribution in [3.05, 3.63) is 77.0 Å². The summed E-state index contributed by atoms with van der Waals surface area (Å²) in [6, 6.07) is 19.1. The SMILES string of the molecule is Cc1ccccc1C(=O)NCCCc1nn(-c2ccccc2)c(N)c1C#N. The molecule has 1 amide bonds. The van der Waals surface area contributed by atoms with Crippen molar-refractivity contribution < 1.29 is 4.79 Å². The maximum absolute atomic E-state index is 12.2. The lowest BCUT2D eigenvalue weighted by Crippen LogP contribution is -2.25. The van der Waals surface area contributed by atoms with Crippen LogP contribution in [-0.2, 0) is 6.42 Å². The van der Waals surface area contributed by atoms with Crippen LogP contribution in [0.5, 0.6) is 0 Å². The fraction of sp³-hybridized carbons (Fsp3) is 0.190. The van der Waals surface area contributed by atoms with E-state index in [1.165, 1.54) is 0 Å². The van der Waals surface area contributed by atoms with Gasteiger partial charge in [0.25, 0.3) is 5.91 Å². The van der Waals surface area contributed by atoms with Gasteiger partial charge in [-0.1, -0.05) is 36.4 Å². The molecule has 0 aliphatic heterocycles. The minimum absolute atomic E-state index is 0.0945. The summed E-state index contributed by atoms with van der Waals surface area (Å²) in [6.07, 6.45) is 1.22. The number of nitrogens with one attached hydrogen (secondary N) is 1. The van der Waals surface area contributed by atoms with Crippen molar-refractivity contribution in [2.45, 2.75) is 19.8 Å². The zero-order valence-electron chi connectivity index (χ0n) is 15.1. The second kappa shape index (κ2) is 8.19. The first-order valence-corrected chi connectivity index (χ1v) is 8.78. The Morgan fingerprint density at radius 1 is 1.19 bits per heavy atom. The molecule has 1 heterocycles. The van der Waals surface area contributed by atoms with Crippen molar-refractivity contribution >= 4 is 11.7 Å². The molecule has 3 N–H and O–H groups in total. The summed E-state index contributed by atoms with van der Waals surface area (Å²) in [7, 11) is 0. The van der Waals surface area contributed by atoms with Gasteiger partial charge < -0.3 is 11.1 Å². The number of amides is 1. The molecule has 6 nitrogen and oxygen atoms in total. The summed E-state index contributed by atoms with van der Waals surface area (Å²) in [5.41, 5.74) is 9.56. The molecule has 6 heteroatoms. The zero-order valence-corrected chi connectivity index (χ0v) is 15.1. The highest BCUT2D eigenvalue weighted by molar-refractivity contribution is 5.95. The maximum atomic E-state index is 12.2. The number of aryl methyl sites for hydroxylation is 2. The van der Waals surface area contributed by atoms with E-state index >= 15 is 0 Å². The van der Waals surface area contributed by atoms with Crippen LogP contribution in [0.25, 0.3) is 5.69 Å². The number of nitrogens with zero attached hydrogens (tertiary/aromatic N) is 3. The topological polar surface area (TPSA) is 96.7 Å². The van der Waals surface area contributed by atoms with Crippen LogP contribution in [0.3, 0.4) is 0 Å². The molecular formula is C21H21N5O. The third-order valence-corrected chi connectivity index (χ3v) is 4.37. The Balaban J connectivity index is 1.64. The van der Waals surface area contributed by atoms with Crippen molar-refractivity contribution in [1.29, 1.82) is 5.26 Å². The second-order valence-electron chi connectivity index (χ2n) is 6.24. The Morgan fingerprint density at radius 3 is 2.59 bits per heavy atom. The molecule has 2 aromatic carbocycles. The van der Waals surface area contributed by atoms with Gasteiger partial charge in [0.1, 0.15) is 17.5 Å². The number of rotatable bonds is 6. The molecular weight excluding hydrogens is 338 g/mol. The molecule has 0 aliphatic carbocycles. The largest absolute Gasteiger partial charge is 0.382 e. The minimum atomic E-state index is -0.0945. The first-order valence-electron chi connectivity index (χ1n) is 8.78. The van der Waals surface area contributed by atoms with Gasteiger partial charge in [-0.05, 0) is 43.5 Å². The Morgan fingerprint density at radius 2 is 1.89 bits per heavy atom. The Bertz CT molecular complexity index is 986. The highest BCUT2D eigenvalue weighted by Crippen LogP contribution is 2.21. The molecule has 0 unspecified atom stereocenters. The highest BCUT2D eigenvalue weighted by atomic mass is 16.1. The minimum Gasteiger partial charge on any atom is -0.382 e. The van der Waals surface area contributed by atoms with Gasteiger partial charge in [-0.3, -0.25) is 4.79 Å². The van der Waals surface area contributed by atoms with Gasteiger partial charge in [0, 0.05) is 12.1 Å². The van der Waals surface area contributed by atoms with Crippen molar-refractivity contribution in [2.75, 3.05) is 12.3 Å². The third-order valence-electron chi connectivity index (χ3n) is 4.37. The first kappa shape index (κ1) is 18.2. The number of benzene rings is 2. The van der Waals surface area contributed by atoms with Crippen LogP contribution in [0.15, 0.2) is 54.6 Å². The van der Waals surface area contributed by atoms with E-state index in [-0.39, 0.29) is 5.91 Å². The zero-order chi connectivity index (χ0) is 19.2. The number of aromatic nitrogens is 2. The van der Waals surface area contributed by atoms with Crippen molar-refractivity contribution in [3.63, 3.8) is 0 Å². The average Bonchev–Trinajstić information content (AvgIpc) is 3.01. The number of hydrogen-bond acceptors (Lipinski definition) is 4. The molecule has 3 aromatic rings. The smallest absolute Gasteiger partial charge is 0.251 e. The second-order valence-corrected chi connectivity index (χ2v) is 6.24. The summed E-state index contributed by atoms with van der Waals surface area (Å²) in [5, 5.41) is 16.8. The van der Waals surface area contributed by atoms with E-state index in [2.05, 4.69) is 16.5 Å². The molecule has 27 heavy (non-hydrogen) atoms. The number of nitrogen functional groups attached to an aromatic ring is 1. The normalized spacial score (nSPS) is 10.4. The van der Waals surface area contributed by atoms with Crippen LogP contribution < -0.4 is 11.1 Å². The third kappa shape index (κ3) is 3.98. The van der Waals surface area contributed by atoms with Gasteiger partial charge >= 0.3 is 0 Å². The van der Waals surface area contributed by atoms with Crippen molar-refractivity contribution in [2.24, 2.45) is 0 Å². The predicted octanol–water partition coefficient (Wildman–Crippen LogP) is 3.00. The van der Waals surface area contributed by atoms with E-state index in [0.717, 1.165) is 11.3 Å². The standard InChI is InChI=1S/C21H21N5O/c1-15-8-5-6-11-17(15)21(27)24-13-7-12-19-18(14-22)20(23)26(25-19)16-9-3-2-4-10-16/h2-6,8-11H,7,12-13,23H2,1H3,(H,24,27). The van der Waals surface area contributed by atoms with Crippen LogP contribution in [-0.4, -0.2) is 22.2 Å². The molecule has 3 rings (SSSR count). The Kier molecular flexibility index (Phi) is 5.53. The first-order chi connectivity index (χ1) is 13.1. The van der Waals surface area contributed by atoms with Gasteiger partial charge in [0.05, 0.1) is 11.4 Å². The monoisotopic (exact) mass is 359 g/mol. The maximum Gasteiger partial charge on any atom is 0.251 e. The van der Waals surface area contributed by atoms with Gasteiger partial charge in [0.15, 0.2) is 0 Å². The number of nitrogens with two attached hydrogens (primary N) is 1. The lowest BCUT2D eigenvalue weighted by Gasteiger charge is -2.07. The molecule has 0 aliphatic rings. The summed E-state index contributed by atoms with van der Waals surface area (Å²) < 4.78 is 1.58. The van der Waals surface area contributed by atoms with E-state index in [0.29, 0.717) is 42.0 Å². The number of carbonyl (C=O) groups is 1. The van der Waals surface area contributed by atoms with E-state index < -0.39 is 0 Å². The van der Waals surface area contributed by atoms with Gasteiger partial charge in [-0.25, -0.2) is 4.68 Å². The van der Waals surface area contributed by atoms with Crippen LogP contribution in [0, 0.1) is 18.3 Å². The molecule has 0 saturated carbocycles. The van der Waals surface area contributed by atoms with Crippen molar-refractivity contribution in [3.8, 4) is 11.8 Å². The van der Waals surface area contributed by atoms with Gasteiger partial charge in [-0.15, -0.1) is 0 Å². The molecule has 0 radical (unpaired) electrons. The lowest BCUT2D eigenvalue weighted by atomic mass is 10.1.